The number of halogens is 1. The van der Waals surface area contributed by atoms with Crippen molar-refractivity contribution >= 4 is 32.8 Å². The molecule has 0 fully saturated rings. The first-order valence-electron chi connectivity index (χ1n) is 5.24. The van der Waals surface area contributed by atoms with Crippen LogP contribution in [0.1, 0.15) is 6.92 Å². The van der Waals surface area contributed by atoms with E-state index in [0.717, 1.165) is 0 Å². The van der Waals surface area contributed by atoms with Gasteiger partial charge in [-0.25, -0.2) is 8.42 Å². The summed E-state index contributed by atoms with van der Waals surface area (Å²) in [4.78, 5) is 10.2. The molecule has 0 aliphatic rings. The first-order valence-corrected chi connectivity index (χ1v) is 7.44. The highest BCUT2D eigenvalue weighted by molar-refractivity contribution is 7.91. The molecule has 6 nitrogen and oxygen atoms in total. The second kappa shape index (κ2) is 6.01. The third kappa shape index (κ3) is 4.15. The van der Waals surface area contributed by atoms with Crippen molar-refractivity contribution in [3.8, 4) is 0 Å². The maximum atomic E-state index is 11.3. The molecular formula is C10H13ClN2O4S. The van der Waals surface area contributed by atoms with Crippen LogP contribution in [0, 0.1) is 10.1 Å². The minimum atomic E-state index is -3.10. The van der Waals surface area contributed by atoms with Crippen LogP contribution in [0.4, 0.5) is 11.4 Å². The number of nitrogens with zero attached hydrogens (tertiary/aromatic N) is 1. The van der Waals surface area contributed by atoms with Gasteiger partial charge >= 0.3 is 0 Å². The minimum absolute atomic E-state index is 0.0479. The lowest BCUT2D eigenvalue weighted by Gasteiger charge is -2.07. The molecule has 0 heterocycles. The Morgan fingerprint density at radius 1 is 1.44 bits per heavy atom. The largest absolute Gasteiger partial charge is 0.378 e. The monoisotopic (exact) mass is 292 g/mol. The molecule has 8 heteroatoms. The number of benzene rings is 1. The van der Waals surface area contributed by atoms with Gasteiger partial charge in [0.2, 0.25) is 0 Å². The summed E-state index contributed by atoms with van der Waals surface area (Å²) in [6.07, 6.45) is 0. The first kappa shape index (κ1) is 14.7. The fraction of sp³-hybridized carbons (Fsp3) is 0.400. The van der Waals surface area contributed by atoms with Crippen LogP contribution < -0.4 is 5.32 Å². The molecule has 0 aliphatic heterocycles. The second-order valence-corrected chi connectivity index (χ2v) is 6.49. The van der Waals surface area contributed by atoms with Crippen LogP contribution >= 0.6 is 11.6 Å². The summed E-state index contributed by atoms with van der Waals surface area (Å²) in [5, 5.41) is 13.8. The third-order valence-corrected chi connectivity index (χ3v) is 4.26. The normalized spacial score (nSPS) is 11.2. The Balaban J connectivity index is 2.78. The number of hydrogen-bond donors (Lipinski definition) is 1. The summed E-state index contributed by atoms with van der Waals surface area (Å²) >= 11 is 5.74. The number of hydrogen-bond acceptors (Lipinski definition) is 5. The average Bonchev–Trinajstić information content (AvgIpc) is 2.28. The van der Waals surface area contributed by atoms with Crippen LogP contribution in [-0.2, 0) is 9.84 Å². The highest BCUT2D eigenvalue weighted by Gasteiger charge is 2.14. The molecule has 0 atom stereocenters. The summed E-state index contributed by atoms with van der Waals surface area (Å²) in [5.41, 5.74) is 0.0899. The maximum absolute atomic E-state index is 11.3. The highest BCUT2D eigenvalue weighted by Crippen LogP contribution is 2.27. The van der Waals surface area contributed by atoms with E-state index in [4.69, 9.17) is 11.6 Å². The fourth-order valence-corrected chi connectivity index (χ4v) is 2.17. The van der Waals surface area contributed by atoms with Gasteiger partial charge in [0.05, 0.1) is 10.7 Å². The average molecular weight is 293 g/mol. The van der Waals surface area contributed by atoms with E-state index in [2.05, 4.69) is 5.32 Å². The lowest BCUT2D eigenvalue weighted by Crippen LogP contribution is -2.17. The summed E-state index contributed by atoms with van der Waals surface area (Å²) in [7, 11) is -3.10. The summed E-state index contributed by atoms with van der Waals surface area (Å²) in [5.74, 6) is -0.0283. The highest BCUT2D eigenvalue weighted by atomic mass is 35.5. The Morgan fingerprint density at radius 2 is 2.11 bits per heavy atom. The molecule has 0 spiro atoms. The molecule has 0 radical (unpaired) electrons. The number of rotatable bonds is 6. The van der Waals surface area contributed by atoms with Gasteiger partial charge in [-0.15, -0.1) is 0 Å². The SMILES string of the molecule is CCS(=O)(=O)CCNc1cc(Cl)ccc1[N+](=O)[O-]. The van der Waals surface area contributed by atoms with E-state index < -0.39 is 14.8 Å². The summed E-state index contributed by atoms with van der Waals surface area (Å²) in [6, 6.07) is 4.09. The fourth-order valence-electron chi connectivity index (χ4n) is 1.29. The van der Waals surface area contributed by atoms with Gasteiger partial charge in [-0.1, -0.05) is 18.5 Å². The topological polar surface area (TPSA) is 89.3 Å². The van der Waals surface area contributed by atoms with Crippen LogP contribution in [0.5, 0.6) is 0 Å². The van der Waals surface area contributed by atoms with Crippen molar-refractivity contribution in [3.63, 3.8) is 0 Å². The number of anilines is 1. The van der Waals surface area contributed by atoms with Gasteiger partial charge in [0.15, 0.2) is 9.84 Å². The predicted molar refractivity (Wildman–Crippen MR) is 70.9 cm³/mol. The van der Waals surface area contributed by atoms with Crippen LogP contribution in [0.3, 0.4) is 0 Å². The molecule has 1 N–H and O–H groups in total. The Morgan fingerprint density at radius 3 is 2.67 bits per heavy atom. The van der Waals surface area contributed by atoms with Gasteiger partial charge in [0.1, 0.15) is 5.69 Å². The zero-order valence-corrected chi connectivity index (χ0v) is 11.3. The quantitative estimate of drug-likeness (QED) is 0.640. The van der Waals surface area contributed by atoms with Gasteiger partial charge in [-0.05, 0) is 12.1 Å². The molecule has 0 saturated carbocycles. The van der Waals surface area contributed by atoms with E-state index in [1.54, 1.807) is 6.92 Å². The van der Waals surface area contributed by atoms with Gasteiger partial charge in [-0.3, -0.25) is 10.1 Å². The summed E-state index contributed by atoms with van der Waals surface area (Å²) in [6.45, 7) is 1.66. The molecule has 1 rings (SSSR count). The van der Waals surface area contributed by atoms with Crippen molar-refractivity contribution < 1.29 is 13.3 Å². The Hall–Kier alpha value is -1.34. The van der Waals surface area contributed by atoms with E-state index in [1.165, 1.54) is 18.2 Å². The molecule has 18 heavy (non-hydrogen) atoms. The van der Waals surface area contributed by atoms with Crippen molar-refractivity contribution in [1.82, 2.24) is 0 Å². The van der Waals surface area contributed by atoms with E-state index in [9.17, 15) is 18.5 Å². The lowest BCUT2D eigenvalue weighted by atomic mass is 10.2. The van der Waals surface area contributed by atoms with Crippen molar-refractivity contribution in [3.05, 3.63) is 33.3 Å². The van der Waals surface area contributed by atoms with Crippen molar-refractivity contribution in [1.29, 1.82) is 0 Å². The minimum Gasteiger partial charge on any atom is -0.378 e. The molecule has 100 valence electrons. The predicted octanol–water partition coefficient (Wildman–Crippen LogP) is 2.09. The number of sulfone groups is 1. The van der Waals surface area contributed by atoms with Gasteiger partial charge in [0.25, 0.3) is 5.69 Å². The zero-order chi connectivity index (χ0) is 13.8. The van der Waals surface area contributed by atoms with Crippen LogP contribution in [0.2, 0.25) is 5.02 Å². The van der Waals surface area contributed by atoms with E-state index >= 15 is 0 Å². The van der Waals surface area contributed by atoms with E-state index in [-0.39, 0.29) is 29.4 Å². The number of nitro groups is 1. The number of nitrogens with one attached hydrogen (secondary N) is 1. The van der Waals surface area contributed by atoms with Crippen molar-refractivity contribution in [2.24, 2.45) is 0 Å². The second-order valence-electron chi connectivity index (χ2n) is 3.58. The molecule has 0 unspecified atom stereocenters. The Labute approximate surface area is 110 Å². The molecule has 1 aromatic carbocycles. The first-order chi connectivity index (χ1) is 8.35. The molecule has 0 aromatic heterocycles. The Kier molecular flexibility index (Phi) is 4.92. The van der Waals surface area contributed by atoms with Gasteiger partial charge in [-0.2, -0.15) is 0 Å². The smallest absolute Gasteiger partial charge is 0.292 e. The van der Waals surface area contributed by atoms with Crippen LogP contribution in [0.25, 0.3) is 0 Å². The molecule has 0 bridgehead atoms. The van der Waals surface area contributed by atoms with Crippen molar-refractivity contribution in [2.45, 2.75) is 6.92 Å². The van der Waals surface area contributed by atoms with Gasteiger partial charge < -0.3 is 5.32 Å². The van der Waals surface area contributed by atoms with Crippen LogP contribution in [0.15, 0.2) is 18.2 Å². The van der Waals surface area contributed by atoms with E-state index in [1.807, 2.05) is 0 Å². The number of nitro benzene ring substituents is 1. The van der Waals surface area contributed by atoms with E-state index in [0.29, 0.717) is 5.02 Å². The Bertz CT molecular complexity index is 545. The maximum Gasteiger partial charge on any atom is 0.292 e. The zero-order valence-electron chi connectivity index (χ0n) is 9.72. The lowest BCUT2D eigenvalue weighted by molar-refractivity contribution is -0.384. The third-order valence-electron chi connectivity index (χ3n) is 2.32. The summed E-state index contributed by atoms with van der Waals surface area (Å²) < 4.78 is 22.6. The molecule has 1 aromatic rings. The van der Waals surface area contributed by atoms with Crippen molar-refractivity contribution in [2.75, 3.05) is 23.4 Å². The molecule has 0 aliphatic carbocycles. The van der Waals surface area contributed by atoms with Crippen LogP contribution in [-0.4, -0.2) is 31.4 Å². The standard InChI is InChI=1S/C10H13ClN2O4S/c1-2-18(16,17)6-5-12-9-7-8(11)3-4-10(9)13(14)15/h3-4,7,12H,2,5-6H2,1H3. The van der Waals surface area contributed by atoms with Gasteiger partial charge in [0, 0.05) is 23.4 Å². The molecule has 0 amide bonds. The molecular weight excluding hydrogens is 280 g/mol. The molecule has 0 saturated heterocycles.